The lowest BCUT2D eigenvalue weighted by Gasteiger charge is -2.41. The second-order valence-corrected chi connectivity index (χ2v) is 7.31. The topological polar surface area (TPSA) is 102 Å². The van der Waals surface area contributed by atoms with Crippen molar-refractivity contribution in [2.24, 2.45) is 0 Å². The molecule has 0 aliphatic carbocycles. The zero-order chi connectivity index (χ0) is 19.8. The van der Waals surface area contributed by atoms with Crippen LogP contribution in [0.5, 0.6) is 5.88 Å². The number of aromatic amines is 1. The molecule has 5 heterocycles. The molecule has 5 rings (SSSR count). The number of anilines is 2. The molecule has 10 nitrogen and oxygen atoms in total. The fourth-order valence-electron chi connectivity index (χ4n) is 3.53. The van der Waals surface area contributed by atoms with Crippen LogP contribution in [-0.2, 0) is 9.47 Å². The molecule has 1 atom stereocenters. The van der Waals surface area contributed by atoms with E-state index in [1.54, 1.807) is 17.1 Å². The maximum Gasteiger partial charge on any atom is 0.232 e. The summed E-state index contributed by atoms with van der Waals surface area (Å²) in [6, 6.07) is 2.33. The molecule has 154 valence electrons. The number of morpholine rings is 1. The first-order valence-electron chi connectivity index (χ1n) is 9.64. The number of hydrogen-bond acceptors (Lipinski definition) is 8. The van der Waals surface area contributed by atoms with Crippen molar-refractivity contribution < 1.29 is 14.2 Å². The van der Waals surface area contributed by atoms with Crippen molar-refractivity contribution in [1.29, 1.82) is 0 Å². The third kappa shape index (κ3) is 3.52. The molecule has 3 aromatic heterocycles. The summed E-state index contributed by atoms with van der Waals surface area (Å²) >= 11 is 6.60. The van der Waals surface area contributed by atoms with Gasteiger partial charge in [0.25, 0.3) is 0 Å². The molecule has 0 bridgehead atoms. The first-order valence-corrected chi connectivity index (χ1v) is 10.0. The van der Waals surface area contributed by atoms with Gasteiger partial charge >= 0.3 is 0 Å². The van der Waals surface area contributed by atoms with E-state index in [9.17, 15) is 0 Å². The summed E-state index contributed by atoms with van der Waals surface area (Å²) in [4.78, 5) is 14.4. The minimum absolute atomic E-state index is 0.252. The van der Waals surface area contributed by atoms with E-state index in [1.807, 2.05) is 13.0 Å². The summed E-state index contributed by atoms with van der Waals surface area (Å²) in [5, 5.41) is 8.84. The molecule has 11 heteroatoms. The van der Waals surface area contributed by atoms with Gasteiger partial charge in [-0.05, 0) is 13.0 Å². The lowest BCUT2D eigenvalue weighted by Crippen LogP contribution is -2.54. The highest BCUT2D eigenvalue weighted by Crippen LogP contribution is 2.31. The lowest BCUT2D eigenvalue weighted by atomic mass is 10.2. The van der Waals surface area contributed by atoms with Crippen molar-refractivity contribution in [2.45, 2.75) is 19.2 Å². The number of nitrogens with zero attached hydrogens (tertiary/aromatic N) is 5. The van der Waals surface area contributed by atoms with Gasteiger partial charge in [0, 0.05) is 19.3 Å². The normalized spacial score (nSPS) is 20.7. The van der Waals surface area contributed by atoms with Gasteiger partial charge in [-0.3, -0.25) is 4.90 Å². The van der Waals surface area contributed by atoms with Gasteiger partial charge in [-0.25, -0.2) is 4.68 Å². The third-order valence-corrected chi connectivity index (χ3v) is 5.51. The molecule has 2 saturated heterocycles. The van der Waals surface area contributed by atoms with Gasteiger partial charge in [0.05, 0.1) is 49.7 Å². The van der Waals surface area contributed by atoms with Gasteiger partial charge in [0.2, 0.25) is 11.8 Å². The average Bonchev–Trinajstić information content (AvgIpc) is 3.28. The van der Waals surface area contributed by atoms with Crippen LogP contribution in [0.2, 0.25) is 5.15 Å². The van der Waals surface area contributed by atoms with E-state index in [2.05, 4.69) is 30.3 Å². The highest BCUT2D eigenvalue weighted by molar-refractivity contribution is 6.32. The summed E-state index contributed by atoms with van der Waals surface area (Å²) in [6.45, 7) is 6.20. The van der Waals surface area contributed by atoms with Gasteiger partial charge in [0.15, 0.2) is 11.4 Å². The molecule has 29 heavy (non-hydrogen) atoms. The number of aromatic nitrogens is 5. The van der Waals surface area contributed by atoms with Crippen LogP contribution in [-0.4, -0.2) is 75.2 Å². The second-order valence-electron chi connectivity index (χ2n) is 6.96. The number of rotatable bonds is 6. The second kappa shape index (κ2) is 7.79. The molecule has 2 aliphatic heterocycles. The molecule has 0 aromatic carbocycles. The van der Waals surface area contributed by atoms with E-state index in [1.165, 1.54) is 0 Å². The van der Waals surface area contributed by atoms with Crippen LogP contribution < -0.4 is 10.1 Å². The van der Waals surface area contributed by atoms with Gasteiger partial charge in [0.1, 0.15) is 5.65 Å². The maximum atomic E-state index is 6.60. The molecule has 2 aliphatic rings. The van der Waals surface area contributed by atoms with Crippen molar-refractivity contribution in [3.05, 3.63) is 23.6 Å². The Morgan fingerprint density at radius 1 is 1.38 bits per heavy atom. The van der Waals surface area contributed by atoms with E-state index < -0.39 is 0 Å². The molecule has 2 N–H and O–H groups in total. The fourth-order valence-corrected chi connectivity index (χ4v) is 3.78. The Kier molecular flexibility index (Phi) is 5.00. The van der Waals surface area contributed by atoms with Gasteiger partial charge in [-0.1, -0.05) is 11.6 Å². The van der Waals surface area contributed by atoms with Crippen molar-refractivity contribution >= 4 is 34.3 Å². The number of fused-ring (bicyclic) bond motifs is 1. The zero-order valence-corrected chi connectivity index (χ0v) is 16.7. The van der Waals surface area contributed by atoms with E-state index in [0.29, 0.717) is 54.1 Å². The predicted molar refractivity (Wildman–Crippen MR) is 107 cm³/mol. The summed E-state index contributed by atoms with van der Waals surface area (Å²) in [5.41, 5.74) is 1.29. The third-order valence-electron chi connectivity index (χ3n) is 5.13. The predicted octanol–water partition coefficient (Wildman–Crippen LogP) is 2.18. The molecule has 0 unspecified atom stereocenters. The Balaban J connectivity index is 1.36. The van der Waals surface area contributed by atoms with Gasteiger partial charge in [-0.15, -0.1) is 0 Å². The zero-order valence-electron chi connectivity index (χ0n) is 16.0. The number of nitrogens with one attached hydrogen (secondary N) is 2. The molecular weight excluding hydrogens is 398 g/mol. The smallest absolute Gasteiger partial charge is 0.232 e. The van der Waals surface area contributed by atoms with Crippen LogP contribution in [0, 0.1) is 0 Å². The van der Waals surface area contributed by atoms with Crippen LogP contribution in [0.3, 0.4) is 0 Å². The average molecular weight is 420 g/mol. The van der Waals surface area contributed by atoms with Crippen molar-refractivity contribution in [3.8, 4) is 5.88 Å². The SMILES string of the molecule is CCOc1nc(Nc2cnn([C@@H]3CN(C4COC4)CCO3)c2Cl)nc2[nH]ccc12. The standard InChI is InChI=1S/C18H22ClN7O3/c1-2-28-17-12-3-4-20-16(12)23-18(24-17)22-13-7-21-26(15(13)19)14-8-25(5-6-29-14)11-9-27-10-11/h3-4,7,11,14H,2,5-6,8-10H2,1H3,(H2,20,22,23,24)/t14-/m0/s1. The highest BCUT2D eigenvalue weighted by atomic mass is 35.5. The molecule has 0 amide bonds. The number of halogens is 1. The first kappa shape index (κ1) is 18.6. The fraction of sp³-hybridized carbons (Fsp3) is 0.500. The van der Waals surface area contributed by atoms with Crippen LogP contribution in [0.4, 0.5) is 11.6 Å². The van der Waals surface area contributed by atoms with Crippen molar-refractivity contribution in [2.75, 3.05) is 44.8 Å². The van der Waals surface area contributed by atoms with E-state index >= 15 is 0 Å². The Morgan fingerprint density at radius 2 is 2.28 bits per heavy atom. The molecule has 0 saturated carbocycles. The maximum absolute atomic E-state index is 6.60. The van der Waals surface area contributed by atoms with E-state index in [0.717, 1.165) is 25.1 Å². The Labute approximate surface area is 172 Å². The highest BCUT2D eigenvalue weighted by Gasteiger charge is 2.32. The number of hydrogen-bond donors (Lipinski definition) is 2. The van der Waals surface area contributed by atoms with E-state index in [-0.39, 0.29) is 6.23 Å². The Morgan fingerprint density at radius 3 is 3.07 bits per heavy atom. The molecule has 3 aromatic rings. The number of H-pyrrole nitrogens is 1. The minimum atomic E-state index is -0.252. The van der Waals surface area contributed by atoms with Gasteiger partial charge < -0.3 is 24.5 Å². The lowest BCUT2D eigenvalue weighted by molar-refractivity contribution is -0.134. The molecule has 2 fully saturated rings. The quantitative estimate of drug-likeness (QED) is 0.626. The van der Waals surface area contributed by atoms with Gasteiger partial charge in [-0.2, -0.15) is 15.1 Å². The Hall–Kier alpha value is -2.40. The largest absolute Gasteiger partial charge is 0.477 e. The van der Waals surface area contributed by atoms with Crippen LogP contribution >= 0.6 is 11.6 Å². The van der Waals surface area contributed by atoms with Crippen molar-refractivity contribution in [3.63, 3.8) is 0 Å². The summed E-state index contributed by atoms with van der Waals surface area (Å²) < 4.78 is 18.5. The summed E-state index contributed by atoms with van der Waals surface area (Å²) in [7, 11) is 0. The summed E-state index contributed by atoms with van der Waals surface area (Å²) in [5.74, 6) is 0.890. The van der Waals surface area contributed by atoms with E-state index in [4.69, 9.17) is 25.8 Å². The van der Waals surface area contributed by atoms with Crippen LogP contribution in [0.25, 0.3) is 11.0 Å². The molecule has 0 radical (unpaired) electrons. The molecular formula is C18H22ClN7O3. The van der Waals surface area contributed by atoms with Crippen LogP contribution in [0.1, 0.15) is 13.2 Å². The molecule has 0 spiro atoms. The minimum Gasteiger partial charge on any atom is -0.477 e. The monoisotopic (exact) mass is 419 g/mol. The Bertz CT molecular complexity index is 1000. The number of ether oxygens (including phenoxy) is 3. The van der Waals surface area contributed by atoms with Crippen LogP contribution in [0.15, 0.2) is 18.5 Å². The van der Waals surface area contributed by atoms with Crippen molar-refractivity contribution in [1.82, 2.24) is 29.6 Å². The summed E-state index contributed by atoms with van der Waals surface area (Å²) in [6.07, 6.45) is 3.20. The first-order chi connectivity index (χ1) is 14.2.